The molecule has 11 heteroatoms. The Hall–Kier alpha value is -1.63. The van der Waals surface area contributed by atoms with Gasteiger partial charge in [0.1, 0.15) is 6.07 Å². The molecule has 1 N–H and O–H groups in total. The molecule has 0 spiro atoms. The van der Waals surface area contributed by atoms with E-state index in [9.17, 15) is 14.0 Å². The predicted molar refractivity (Wildman–Crippen MR) is 102 cm³/mol. The fourth-order valence-corrected chi connectivity index (χ4v) is 3.32. The van der Waals surface area contributed by atoms with E-state index in [2.05, 4.69) is 10.3 Å². The molecule has 0 saturated carbocycles. The van der Waals surface area contributed by atoms with E-state index >= 15 is 0 Å². The normalized spacial score (nSPS) is 15.9. The lowest BCUT2D eigenvalue weighted by molar-refractivity contribution is -0.134. The summed E-state index contributed by atoms with van der Waals surface area (Å²) in [5.74, 6) is -2.31. The highest BCUT2D eigenvalue weighted by Crippen LogP contribution is 2.37. The molecule has 0 unspecified atom stereocenters. The van der Waals surface area contributed by atoms with E-state index in [0.29, 0.717) is 36.9 Å². The highest BCUT2D eigenvalue weighted by atomic mass is 35.5. The third-order valence-corrected chi connectivity index (χ3v) is 4.97. The average molecular weight is 452 g/mol. The van der Waals surface area contributed by atoms with Crippen LogP contribution in [-0.4, -0.2) is 55.2 Å². The van der Waals surface area contributed by atoms with Crippen LogP contribution in [0.3, 0.4) is 0 Å². The molecular formula is C17H15Cl3F2N4O2. The standard InChI is InChI=1S/C17H15Cl3F2N4O2/c18-10-5-11(14(20)12(19)6-10)15-25-13(7-23)16(28-15)24-1-3-27-4-2-26-8-17(21,22)9-26/h5-6,24H,1-4,8-9H2. The van der Waals surface area contributed by atoms with Gasteiger partial charge >= 0.3 is 0 Å². The molecule has 1 aromatic heterocycles. The van der Waals surface area contributed by atoms with E-state index in [1.165, 1.54) is 12.1 Å². The van der Waals surface area contributed by atoms with Crippen LogP contribution in [0.25, 0.3) is 11.5 Å². The van der Waals surface area contributed by atoms with Crippen LogP contribution in [0.5, 0.6) is 0 Å². The Morgan fingerprint density at radius 2 is 2.04 bits per heavy atom. The molecule has 150 valence electrons. The van der Waals surface area contributed by atoms with E-state index < -0.39 is 5.92 Å². The van der Waals surface area contributed by atoms with Gasteiger partial charge in [0.15, 0.2) is 0 Å². The fourth-order valence-electron chi connectivity index (χ4n) is 2.64. The van der Waals surface area contributed by atoms with Gasteiger partial charge in [0.2, 0.25) is 17.5 Å². The first-order valence-electron chi connectivity index (χ1n) is 8.27. The number of nitriles is 1. The van der Waals surface area contributed by atoms with Crippen molar-refractivity contribution in [3.05, 3.63) is 32.9 Å². The summed E-state index contributed by atoms with van der Waals surface area (Å²) in [6, 6.07) is 4.95. The summed E-state index contributed by atoms with van der Waals surface area (Å²) in [6.45, 7) is 0.965. The Labute approximate surface area is 174 Å². The molecule has 1 fully saturated rings. The van der Waals surface area contributed by atoms with Crippen molar-refractivity contribution in [2.24, 2.45) is 0 Å². The second-order valence-corrected chi connectivity index (χ2v) is 7.39. The number of alkyl halides is 2. The summed E-state index contributed by atoms with van der Waals surface area (Å²) in [7, 11) is 0. The summed E-state index contributed by atoms with van der Waals surface area (Å²) in [4.78, 5) is 5.72. The van der Waals surface area contributed by atoms with Gasteiger partial charge in [-0.25, -0.2) is 8.78 Å². The molecule has 0 radical (unpaired) electrons. The number of nitrogens with one attached hydrogen (secondary N) is 1. The number of hydrogen-bond donors (Lipinski definition) is 1. The molecular weight excluding hydrogens is 437 g/mol. The molecule has 0 atom stereocenters. The highest BCUT2D eigenvalue weighted by molar-refractivity contribution is 6.44. The first kappa shape index (κ1) is 21.1. The van der Waals surface area contributed by atoms with Crippen molar-refractivity contribution in [1.82, 2.24) is 9.88 Å². The molecule has 2 heterocycles. The van der Waals surface area contributed by atoms with Gasteiger partial charge in [-0.3, -0.25) is 4.90 Å². The number of halogens is 5. The summed E-state index contributed by atoms with van der Waals surface area (Å²) in [6.07, 6.45) is 0. The quantitative estimate of drug-likeness (QED) is 0.469. The molecule has 1 aromatic carbocycles. The fraction of sp³-hybridized carbons (Fsp3) is 0.412. The zero-order valence-corrected chi connectivity index (χ0v) is 16.7. The SMILES string of the molecule is N#Cc1nc(-c2cc(Cl)cc(Cl)c2Cl)oc1NCCOCCN1CC(F)(F)C1. The van der Waals surface area contributed by atoms with Crippen LogP contribution in [-0.2, 0) is 4.74 Å². The Balaban J connectivity index is 1.52. The molecule has 28 heavy (non-hydrogen) atoms. The molecule has 2 aromatic rings. The third-order valence-electron chi connectivity index (χ3n) is 3.95. The van der Waals surface area contributed by atoms with Crippen LogP contribution < -0.4 is 5.32 Å². The van der Waals surface area contributed by atoms with Crippen LogP contribution in [0.1, 0.15) is 5.69 Å². The molecule has 1 saturated heterocycles. The van der Waals surface area contributed by atoms with Gasteiger partial charge < -0.3 is 14.5 Å². The molecule has 0 aliphatic carbocycles. The van der Waals surface area contributed by atoms with Crippen molar-refractivity contribution in [3.8, 4) is 17.5 Å². The molecule has 0 amide bonds. The van der Waals surface area contributed by atoms with E-state index in [1.54, 1.807) is 4.90 Å². The molecule has 6 nitrogen and oxygen atoms in total. The second-order valence-electron chi connectivity index (χ2n) is 6.16. The average Bonchev–Trinajstić information content (AvgIpc) is 3.02. The minimum absolute atomic E-state index is 0.0463. The van der Waals surface area contributed by atoms with Crippen molar-refractivity contribution >= 4 is 40.7 Å². The number of hydrogen-bond acceptors (Lipinski definition) is 6. The van der Waals surface area contributed by atoms with Crippen molar-refractivity contribution < 1.29 is 17.9 Å². The monoisotopic (exact) mass is 450 g/mol. The summed E-state index contributed by atoms with van der Waals surface area (Å²) >= 11 is 18.1. The van der Waals surface area contributed by atoms with Crippen molar-refractivity contribution in [2.75, 3.05) is 44.7 Å². The summed E-state index contributed by atoms with van der Waals surface area (Å²) in [5, 5.41) is 13.0. The van der Waals surface area contributed by atoms with Gasteiger partial charge in [-0.05, 0) is 12.1 Å². The Morgan fingerprint density at radius 3 is 2.71 bits per heavy atom. The summed E-state index contributed by atoms with van der Waals surface area (Å²) in [5.41, 5.74) is 0.413. The van der Waals surface area contributed by atoms with Gasteiger partial charge in [-0.2, -0.15) is 10.2 Å². The minimum atomic E-state index is -2.57. The topological polar surface area (TPSA) is 74.3 Å². The third kappa shape index (κ3) is 5.04. The lowest BCUT2D eigenvalue weighted by Crippen LogP contribution is -2.56. The van der Waals surface area contributed by atoms with Crippen LogP contribution in [0.2, 0.25) is 15.1 Å². The smallest absolute Gasteiger partial charge is 0.272 e. The van der Waals surface area contributed by atoms with E-state index in [1.807, 2.05) is 6.07 Å². The lowest BCUT2D eigenvalue weighted by Gasteiger charge is -2.38. The van der Waals surface area contributed by atoms with Crippen molar-refractivity contribution in [1.29, 1.82) is 5.26 Å². The predicted octanol–water partition coefficient (Wildman–Crippen LogP) is 4.55. The Bertz CT molecular complexity index is 893. The van der Waals surface area contributed by atoms with Crippen LogP contribution in [0.4, 0.5) is 14.7 Å². The van der Waals surface area contributed by atoms with E-state index in [0.717, 1.165) is 0 Å². The maximum absolute atomic E-state index is 12.7. The van der Waals surface area contributed by atoms with Gasteiger partial charge in [0, 0.05) is 18.1 Å². The first-order chi connectivity index (χ1) is 13.3. The second kappa shape index (κ2) is 8.80. The number of anilines is 1. The number of rotatable bonds is 8. The minimum Gasteiger partial charge on any atom is -0.419 e. The maximum atomic E-state index is 12.7. The molecule has 0 bridgehead atoms. The lowest BCUT2D eigenvalue weighted by atomic mass is 10.1. The number of likely N-dealkylation sites (tertiary alicyclic amines) is 1. The van der Waals surface area contributed by atoms with Gasteiger partial charge in [0.25, 0.3) is 5.92 Å². The van der Waals surface area contributed by atoms with E-state index in [4.69, 9.17) is 44.0 Å². The molecule has 1 aliphatic rings. The number of oxazole rings is 1. The number of benzene rings is 1. The zero-order valence-electron chi connectivity index (χ0n) is 14.4. The first-order valence-corrected chi connectivity index (χ1v) is 9.40. The van der Waals surface area contributed by atoms with Crippen LogP contribution >= 0.6 is 34.8 Å². The van der Waals surface area contributed by atoms with Crippen LogP contribution in [0.15, 0.2) is 16.5 Å². The Kier molecular flexibility index (Phi) is 6.63. The van der Waals surface area contributed by atoms with Gasteiger partial charge in [-0.15, -0.1) is 0 Å². The van der Waals surface area contributed by atoms with Crippen LogP contribution in [0, 0.1) is 11.3 Å². The molecule has 3 rings (SSSR count). The number of nitrogens with zero attached hydrogens (tertiary/aromatic N) is 3. The van der Waals surface area contributed by atoms with Crippen molar-refractivity contribution in [2.45, 2.75) is 5.92 Å². The molecule has 1 aliphatic heterocycles. The highest BCUT2D eigenvalue weighted by Gasteiger charge is 2.43. The largest absolute Gasteiger partial charge is 0.419 e. The summed E-state index contributed by atoms with van der Waals surface area (Å²) < 4.78 is 36.4. The van der Waals surface area contributed by atoms with Gasteiger partial charge in [-0.1, -0.05) is 34.8 Å². The number of aromatic nitrogens is 1. The van der Waals surface area contributed by atoms with Crippen molar-refractivity contribution in [3.63, 3.8) is 0 Å². The zero-order chi connectivity index (χ0) is 20.3. The van der Waals surface area contributed by atoms with Gasteiger partial charge in [0.05, 0.1) is 41.9 Å². The number of ether oxygens (including phenoxy) is 1. The maximum Gasteiger partial charge on any atom is 0.272 e. The van der Waals surface area contributed by atoms with E-state index in [-0.39, 0.29) is 40.6 Å². The Morgan fingerprint density at radius 1 is 1.29 bits per heavy atom.